The van der Waals surface area contributed by atoms with Crippen LogP contribution in [0.2, 0.25) is 0 Å². The molecule has 0 bridgehead atoms. The molecular weight excluding hydrogens is 432 g/mol. The van der Waals surface area contributed by atoms with Gasteiger partial charge in [-0.05, 0) is 57.4 Å². The molecule has 3 aromatic rings. The highest BCUT2D eigenvalue weighted by molar-refractivity contribution is 5.81. The predicted molar refractivity (Wildman–Crippen MR) is 134 cm³/mol. The standard InChI is InChI=1S/C26H36N4O4/c1-15(2)14-34-26(33)23(18(6)31)27-12-19-8-9-22-21(11-19)28-24(30(22)16(3)4)20-10-17(5)25(32)29(7)13-20/h8-11,13,15-16,18,23,27,31H,12,14H2,1-7H3. The minimum absolute atomic E-state index is 0.0242. The molecule has 8 nitrogen and oxygen atoms in total. The van der Waals surface area contributed by atoms with Gasteiger partial charge >= 0.3 is 5.97 Å². The quantitative estimate of drug-likeness (QED) is 0.468. The number of pyridine rings is 1. The van der Waals surface area contributed by atoms with Gasteiger partial charge in [0.05, 0.1) is 23.7 Å². The highest BCUT2D eigenvalue weighted by Gasteiger charge is 2.25. The highest BCUT2D eigenvalue weighted by atomic mass is 16.5. The maximum atomic E-state index is 12.4. The number of hydrogen-bond acceptors (Lipinski definition) is 6. The second-order valence-electron chi connectivity index (χ2n) is 9.67. The van der Waals surface area contributed by atoms with Crippen LogP contribution in [0, 0.1) is 12.8 Å². The van der Waals surface area contributed by atoms with Gasteiger partial charge in [0.2, 0.25) is 0 Å². The van der Waals surface area contributed by atoms with Gasteiger partial charge in [0.25, 0.3) is 5.56 Å². The first-order valence-electron chi connectivity index (χ1n) is 11.8. The zero-order valence-electron chi connectivity index (χ0n) is 21.1. The van der Waals surface area contributed by atoms with E-state index in [0.717, 1.165) is 28.0 Å². The predicted octanol–water partition coefficient (Wildman–Crippen LogP) is 3.33. The van der Waals surface area contributed by atoms with Crippen LogP contribution in [0.5, 0.6) is 0 Å². The van der Waals surface area contributed by atoms with E-state index in [4.69, 9.17) is 9.72 Å². The summed E-state index contributed by atoms with van der Waals surface area (Å²) in [4.78, 5) is 29.5. The number of esters is 1. The summed E-state index contributed by atoms with van der Waals surface area (Å²) >= 11 is 0. The van der Waals surface area contributed by atoms with E-state index < -0.39 is 18.1 Å². The molecule has 0 saturated carbocycles. The van der Waals surface area contributed by atoms with Crippen molar-refractivity contribution in [1.29, 1.82) is 0 Å². The number of imidazole rings is 1. The van der Waals surface area contributed by atoms with E-state index >= 15 is 0 Å². The zero-order chi connectivity index (χ0) is 25.2. The number of fused-ring (bicyclic) bond motifs is 1. The molecule has 34 heavy (non-hydrogen) atoms. The first-order valence-corrected chi connectivity index (χ1v) is 11.8. The smallest absolute Gasteiger partial charge is 0.325 e. The summed E-state index contributed by atoms with van der Waals surface area (Å²) in [5.41, 5.74) is 4.27. The van der Waals surface area contributed by atoms with Gasteiger partial charge in [-0.2, -0.15) is 0 Å². The van der Waals surface area contributed by atoms with E-state index in [0.29, 0.717) is 18.7 Å². The Kier molecular flexibility index (Phi) is 7.94. The third kappa shape index (κ3) is 5.56. The van der Waals surface area contributed by atoms with Crippen LogP contribution in [0.25, 0.3) is 22.4 Å². The van der Waals surface area contributed by atoms with Gasteiger partial charge in [-0.25, -0.2) is 4.98 Å². The van der Waals surface area contributed by atoms with Crippen molar-refractivity contribution in [3.05, 3.63) is 51.9 Å². The molecule has 2 N–H and O–H groups in total. The molecule has 0 radical (unpaired) electrons. The van der Waals surface area contributed by atoms with E-state index in [1.54, 1.807) is 18.5 Å². The van der Waals surface area contributed by atoms with E-state index in [-0.39, 0.29) is 17.5 Å². The Morgan fingerprint density at radius 3 is 2.47 bits per heavy atom. The summed E-state index contributed by atoms with van der Waals surface area (Å²) in [6.45, 7) is 12.2. The molecule has 8 heteroatoms. The van der Waals surface area contributed by atoms with Gasteiger partial charge in [-0.3, -0.25) is 14.9 Å². The molecule has 0 spiro atoms. The van der Waals surface area contributed by atoms with E-state index in [1.165, 1.54) is 0 Å². The van der Waals surface area contributed by atoms with Crippen LogP contribution in [0.1, 0.15) is 51.8 Å². The average Bonchev–Trinajstić information content (AvgIpc) is 3.14. The van der Waals surface area contributed by atoms with Crippen molar-refractivity contribution in [1.82, 2.24) is 19.4 Å². The number of ether oxygens (including phenoxy) is 1. The third-order valence-corrected chi connectivity index (χ3v) is 5.71. The summed E-state index contributed by atoms with van der Waals surface area (Å²) in [5.74, 6) is 0.566. The lowest BCUT2D eigenvalue weighted by molar-refractivity contribution is -0.150. The maximum Gasteiger partial charge on any atom is 0.325 e. The van der Waals surface area contributed by atoms with Gasteiger partial charge < -0.3 is 19.0 Å². The van der Waals surface area contributed by atoms with Crippen LogP contribution < -0.4 is 10.9 Å². The van der Waals surface area contributed by atoms with Crippen LogP contribution in [0.15, 0.2) is 35.3 Å². The fraction of sp³-hybridized carbons (Fsp3) is 0.500. The number of benzene rings is 1. The molecule has 2 aromatic heterocycles. The molecule has 184 valence electrons. The molecule has 2 atom stereocenters. The lowest BCUT2D eigenvalue weighted by Crippen LogP contribution is -2.45. The van der Waals surface area contributed by atoms with E-state index in [1.807, 2.05) is 51.2 Å². The minimum Gasteiger partial charge on any atom is -0.464 e. The molecule has 0 saturated heterocycles. The molecule has 2 unspecified atom stereocenters. The molecule has 0 fully saturated rings. The number of nitrogens with zero attached hydrogens (tertiary/aromatic N) is 3. The monoisotopic (exact) mass is 468 g/mol. The Morgan fingerprint density at radius 1 is 1.18 bits per heavy atom. The molecule has 0 amide bonds. The zero-order valence-corrected chi connectivity index (χ0v) is 21.1. The maximum absolute atomic E-state index is 12.4. The topological polar surface area (TPSA) is 98.4 Å². The number of carbonyl (C=O) groups excluding carboxylic acids is 1. The number of carbonyl (C=O) groups is 1. The summed E-state index contributed by atoms with van der Waals surface area (Å²) < 4.78 is 9.05. The summed E-state index contributed by atoms with van der Waals surface area (Å²) in [6.07, 6.45) is 0.927. The van der Waals surface area contributed by atoms with Crippen molar-refractivity contribution in [2.24, 2.45) is 13.0 Å². The molecule has 0 aliphatic heterocycles. The van der Waals surface area contributed by atoms with Crippen molar-refractivity contribution in [3.63, 3.8) is 0 Å². The molecule has 0 aliphatic carbocycles. The lowest BCUT2D eigenvalue weighted by Gasteiger charge is -2.20. The van der Waals surface area contributed by atoms with Gasteiger partial charge in [0.1, 0.15) is 11.9 Å². The first kappa shape index (κ1) is 25.6. The number of aromatic nitrogens is 3. The van der Waals surface area contributed by atoms with Gasteiger partial charge in [0.15, 0.2) is 0 Å². The molecular formula is C26H36N4O4. The van der Waals surface area contributed by atoms with Crippen LogP contribution >= 0.6 is 0 Å². The molecule has 3 rings (SSSR count). The van der Waals surface area contributed by atoms with Crippen LogP contribution in [0.3, 0.4) is 0 Å². The Labute approximate surface area is 200 Å². The number of aliphatic hydroxyl groups is 1. The molecule has 2 heterocycles. The van der Waals surface area contributed by atoms with Crippen LogP contribution in [0.4, 0.5) is 0 Å². The Balaban J connectivity index is 1.91. The van der Waals surface area contributed by atoms with Gasteiger partial charge in [-0.1, -0.05) is 19.9 Å². The van der Waals surface area contributed by atoms with Crippen molar-refractivity contribution in [2.75, 3.05) is 6.61 Å². The largest absolute Gasteiger partial charge is 0.464 e. The van der Waals surface area contributed by atoms with Gasteiger partial charge in [-0.15, -0.1) is 0 Å². The van der Waals surface area contributed by atoms with Crippen LogP contribution in [-0.2, 0) is 23.1 Å². The summed E-state index contributed by atoms with van der Waals surface area (Å²) in [6, 6.07) is 7.22. The second kappa shape index (κ2) is 10.5. The fourth-order valence-corrected chi connectivity index (χ4v) is 4.00. The molecule has 0 aliphatic rings. The van der Waals surface area contributed by atoms with Crippen molar-refractivity contribution >= 4 is 17.0 Å². The van der Waals surface area contributed by atoms with Crippen molar-refractivity contribution in [2.45, 2.75) is 66.3 Å². The second-order valence-corrected chi connectivity index (χ2v) is 9.67. The number of nitrogens with one attached hydrogen (secondary N) is 1. The summed E-state index contributed by atoms with van der Waals surface area (Å²) in [7, 11) is 1.75. The normalized spacial score (nSPS) is 13.6. The number of hydrogen-bond donors (Lipinski definition) is 2. The number of rotatable bonds is 9. The Hall–Kier alpha value is -2.97. The van der Waals surface area contributed by atoms with Crippen LogP contribution in [-0.4, -0.2) is 43.9 Å². The Morgan fingerprint density at radius 2 is 1.88 bits per heavy atom. The van der Waals surface area contributed by atoms with Gasteiger partial charge in [0, 0.05) is 37.0 Å². The lowest BCUT2D eigenvalue weighted by atomic mass is 10.1. The average molecular weight is 469 g/mol. The molecule has 1 aromatic carbocycles. The highest BCUT2D eigenvalue weighted by Crippen LogP contribution is 2.29. The van der Waals surface area contributed by atoms with E-state index in [2.05, 4.69) is 23.7 Å². The number of aliphatic hydroxyl groups excluding tert-OH is 1. The van der Waals surface area contributed by atoms with E-state index in [9.17, 15) is 14.7 Å². The first-order chi connectivity index (χ1) is 16.0. The van der Waals surface area contributed by atoms with Crippen molar-refractivity contribution in [3.8, 4) is 11.4 Å². The Bertz CT molecular complexity index is 1200. The fourth-order valence-electron chi connectivity index (χ4n) is 4.00. The van der Waals surface area contributed by atoms with Crippen molar-refractivity contribution < 1.29 is 14.6 Å². The summed E-state index contributed by atoms with van der Waals surface area (Å²) in [5, 5.41) is 13.2. The third-order valence-electron chi connectivity index (χ3n) is 5.71. The SMILES string of the molecule is Cc1cc(-c2nc3cc(CNC(C(=O)OCC(C)C)C(C)O)ccc3n2C(C)C)cn(C)c1=O. The minimum atomic E-state index is -0.886. The number of aryl methyl sites for hydroxylation is 2.